The second kappa shape index (κ2) is 7.85. The van der Waals surface area contributed by atoms with Crippen LogP contribution in [0.5, 0.6) is 0 Å². The van der Waals surface area contributed by atoms with Gasteiger partial charge in [-0.1, -0.05) is 56.3 Å². The van der Waals surface area contributed by atoms with Crippen molar-refractivity contribution >= 4 is 17.2 Å². The van der Waals surface area contributed by atoms with Crippen LogP contribution in [0.25, 0.3) is 0 Å². The first-order valence-electron chi connectivity index (χ1n) is 7.26. The fraction of sp³-hybridized carbons (Fsp3) is 0.105. The van der Waals surface area contributed by atoms with E-state index in [1.165, 1.54) is 0 Å². The average Bonchev–Trinajstić information content (AvgIpc) is 2.60. The molecular formula is C19H20N2. The number of nitrogens with zero attached hydrogens (tertiary/aromatic N) is 2. The minimum Gasteiger partial charge on any atom is -0.295 e. The zero-order valence-electron chi connectivity index (χ0n) is 12.5. The number of aromatic nitrogens is 1. The monoisotopic (exact) mass is 276 g/mol. The number of hydrogen-bond donors (Lipinski definition) is 0. The summed E-state index contributed by atoms with van der Waals surface area (Å²) >= 11 is 0. The molecule has 1 aromatic heterocycles. The summed E-state index contributed by atoms with van der Waals surface area (Å²) in [7, 11) is 0. The SMILES string of the molecule is CC.c1ccc(N(c2ccccc2)c2ccccn2)cc1. The largest absolute Gasteiger partial charge is 0.295 e. The van der Waals surface area contributed by atoms with Crippen molar-refractivity contribution in [2.75, 3.05) is 4.90 Å². The van der Waals surface area contributed by atoms with Gasteiger partial charge < -0.3 is 0 Å². The molecule has 1 heterocycles. The van der Waals surface area contributed by atoms with Crippen LogP contribution in [0.3, 0.4) is 0 Å². The van der Waals surface area contributed by atoms with E-state index in [-0.39, 0.29) is 0 Å². The lowest BCUT2D eigenvalue weighted by Gasteiger charge is -2.23. The molecule has 0 N–H and O–H groups in total. The fourth-order valence-electron chi connectivity index (χ4n) is 2.05. The van der Waals surface area contributed by atoms with Crippen molar-refractivity contribution in [3.05, 3.63) is 85.1 Å². The molecule has 2 heteroatoms. The molecule has 0 amide bonds. The van der Waals surface area contributed by atoms with Gasteiger partial charge in [-0.3, -0.25) is 4.90 Å². The minimum atomic E-state index is 0.917. The molecule has 0 radical (unpaired) electrons. The number of hydrogen-bond acceptors (Lipinski definition) is 2. The molecule has 0 unspecified atom stereocenters. The average molecular weight is 276 g/mol. The third kappa shape index (κ3) is 3.69. The molecule has 3 aromatic rings. The van der Waals surface area contributed by atoms with Gasteiger partial charge in [0.15, 0.2) is 0 Å². The van der Waals surface area contributed by atoms with Crippen LogP contribution in [0.1, 0.15) is 13.8 Å². The third-order valence-electron chi connectivity index (χ3n) is 2.91. The summed E-state index contributed by atoms with van der Waals surface area (Å²) in [5, 5.41) is 0. The highest BCUT2D eigenvalue weighted by Gasteiger charge is 2.11. The van der Waals surface area contributed by atoms with Gasteiger partial charge in [0.2, 0.25) is 0 Å². The molecule has 0 aliphatic heterocycles. The van der Waals surface area contributed by atoms with Crippen LogP contribution in [0.4, 0.5) is 17.2 Å². The Morgan fingerprint density at radius 2 is 1.10 bits per heavy atom. The van der Waals surface area contributed by atoms with E-state index in [9.17, 15) is 0 Å². The van der Waals surface area contributed by atoms with Gasteiger partial charge in [0.1, 0.15) is 5.82 Å². The van der Waals surface area contributed by atoms with E-state index in [0.717, 1.165) is 17.2 Å². The van der Waals surface area contributed by atoms with Crippen LogP contribution in [-0.2, 0) is 0 Å². The van der Waals surface area contributed by atoms with Gasteiger partial charge in [0.05, 0.1) is 0 Å². The van der Waals surface area contributed by atoms with Crippen LogP contribution in [0.15, 0.2) is 85.1 Å². The van der Waals surface area contributed by atoms with E-state index in [4.69, 9.17) is 0 Å². The van der Waals surface area contributed by atoms with Crippen molar-refractivity contribution in [3.63, 3.8) is 0 Å². The van der Waals surface area contributed by atoms with E-state index >= 15 is 0 Å². The molecule has 0 saturated carbocycles. The predicted octanol–water partition coefficient (Wildman–Crippen LogP) is 5.58. The summed E-state index contributed by atoms with van der Waals surface area (Å²) in [6, 6.07) is 26.5. The lowest BCUT2D eigenvalue weighted by molar-refractivity contribution is 1.18. The Labute approximate surface area is 126 Å². The molecular weight excluding hydrogens is 256 g/mol. The molecule has 0 bridgehead atoms. The van der Waals surface area contributed by atoms with Gasteiger partial charge in [0.25, 0.3) is 0 Å². The van der Waals surface area contributed by atoms with E-state index in [0.29, 0.717) is 0 Å². The molecule has 0 aliphatic carbocycles. The van der Waals surface area contributed by atoms with E-state index in [1.54, 1.807) is 0 Å². The number of anilines is 3. The molecule has 106 valence electrons. The van der Waals surface area contributed by atoms with Crippen LogP contribution in [0, 0.1) is 0 Å². The van der Waals surface area contributed by atoms with Crippen molar-refractivity contribution in [3.8, 4) is 0 Å². The van der Waals surface area contributed by atoms with Crippen molar-refractivity contribution in [2.24, 2.45) is 0 Å². The quantitative estimate of drug-likeness (QED) is 0.621. The fourth-order valence-corrected chi connectivity index (χ4v) is 2.05. The number of para-hydroxylation sites is 2. The molecule has 0 atom stereocenters. The highest BCUT2D eigenvalue weighted by Crippen LogP contribution is 2.31. The van der Waals surface area contributed by atoms with Gasteiger partial charge in [-0.15, -0.1) is 0 Å². The lowest BCUT2D eigenvalue weighted by Crippen LogP contribution is -2.10. The maximum absolute atomic E-state index is 4.46. The first kappa shape index (κ1) is 14.8. The Balaban J connectivity index is 0.000000774. The van der Waals surface area contributed by atoms with Gasteiger partial charge in [-0.05, 0) is 36.4 Å². The smallest absolute Gasteiger partial charge is 0.137 e. The van der Waals surface area contributed by atoms with Crippen LogP contribution < -0.4 is 4.90 Å². The normalized spacial score (nSPS) is 9.43. The minimum absolute atomic E-state index is 0.917. The molecule has 0 saturated heterocycles. The Morgan fingerprint density at radius 1 is 0.619 bits per heavy atom. The van der Waals surface area contributed by atoms with Crippen LogP contribution >= 0.6 is 0 Å². The summed E-state index contributed by atoms with van der Waals surface area (Å²) in [6.45, 7) is 4.00. The summed E-state index contributed by atoms with van der Waals surface area (Å²) in [5.41, 5.74) is 2.21. The van der Waals surface area contributed by atoms with Gasteiger partial charge >= 0.3 is 0 Å². The summed E-state index contributed by atoms with van der Waals surface area (Å²) < 4.78 is 0. The summed E-state index contributed by atoms with van der Waals surface area (Å²) in [6.07, 6.45) is 1.81. The molecule has 3 rings (SSSR count). The first-order valence-corrected chi connectivity index (χ1v) is 7.26. The molecule has 2 aromatic carbocycles. The Hall–Kier alpha value is -2.61. The predicted molar refractivity (Wildman–Crippen MR) is 90.3 cm³/mol. The Kier molecular flexibility index (Phi) is 5.53. The molecule has 0 fully saturated rings. The number of benzene rings is 2. The second-order valence-corrected chi connectivity index (χ2v) is 4.19. The number of rotatable bonds is 3. The molecule has 0 spiro atoms. The second-order valence-electron chi connectivity index (χ2n) is 4.19. The van der Waals surface area contributed by atoms with Crippen molar-refractivity contribution < 1.29 is 0 Å². The van der Waals surface area contributed by atoms with Crippen molar-refractivity contribution in [1.82, 2.24) is 4.98 Å². The summed E-state index contributed by atoms with van der Waals surface area (Å²) in [4.78, 5) is 6.60. The van der Waals surface area contributed by atoms with E-state index in [2.05, 4.69) is 34.1 Å². The maximum Gasteiger partial charge on any atom is 0.137 e. The Morgan fingerprint density at radius 3 is 1.52 bits per heavy atom. The Bertz CT molecular complexity index is 528. The zero-order valence-corrected chi connectivity index (χ0v) is 12.5. The first-order chi connectivity index (χ1) is 10.4. The van der Waals surface area contributed by atoms with Gasteiger partial charge in [-0.25, -0.2) is 4.98 Å². The zero-order chi connectivity index (χ0) is 14.9. The number of pyridine rings is 1. The highest BCUT2D eigenvalue weighted by molar-refractivity contribution is 5.73. The maximum atomic E-state index is 4.46. The molecule has 21 heavy (non-hydrogen) atoms. The van der Waals surface area contributed by atoms with Gasteiger partial charge in [0, 0.05) is 17.6 Å². The van der Waals surface area contributed by atoms with Gasteiger partial charge in [-0.2, -0.15) is 0 Å². The highest BCUT2D eigenvalue weighted by atomic mass is 15.2. The third-order valence-corrected chi connectivity index (χ3v) is 2.91. The van der Waals surface area contributed by atoms with Crippen LogP contribution in [-0.4, -0.2) is 4.98 Å². The molecule has 2 nitrogen and oxygen atoms in total. The lowest BCUT2D eigenvalue weighted by atomic mass is 10.2. The summed E-state index contributed by atoms with van der Waals surface area (Å²) in [5.74, 6) is 0.917. The van der Waals surface area contributed by atoms with Crippen molar-refractivity contribution in [1.29, 1.82) is 0 Å². The molecule has 0 aliphatic rings. The van der Waals surface area contributed by atoms with E-state index in [1.807, 2.05) is 74.6 Å². The van der Waals surface area contributed by atoms with Crippen molar-refractivity contribution in [2.45, 2.75) is 13.8 Å². The van der Waals surface area contributed by atoms with Crippen LogP contribution in [0.2, 0.25) is 0 Å². The topological polar surface area (TPSA) is 16.1 Å². The van der Waals surface area contributed by atoms with E-state index < -0.39 is 0 Å². The standard InChI is InChI=1S/C17H14N2.C2H6/c1-3-9-15(10-4-1)19(16-11-5-2-6-12-16)17-13-7-8-14-18-17;1-2/h1-14H;1-2H3.